The first kappa shape index (κ1) is 9.46. The van der Waals surface area contributed by atoms with Crippen molar-refractivity contribution in [1.82, 2.24) is 0 Å². The van der Waals surface area contributed by atoms with Gasteiger partial charge in [-0.1, -0.05) is 42.5 Å². The van der Waals surface area contributed by atoms with Crippen LogP contribution in [0.2, 0.25) is 0 Å². The monoisotopic (exact) mass is 197 g/mol. The fraction of sp³-hybridized carbons (Fsp3) is 0. The van der Waals surface area contributed by atoms with Crippen LogP contribution in [-0.2, 0) is 5.11 Å². The lowest BCUT2D eigenvalue weighted by Gasteiger charge is -2.01. The van der Waals surface area contributed by atoms with Crippen molar-refractivity contribution >= 4 is 5.97 Å². The Bertz CT molecular complexity index is 475. The van der Waals surface area contributed by atoms with Crippen LogP contribution in [0, 0.1) is 0 Å². The third-order valence-electron chi connectivity index (χ3n) is 2.21. The number of carbonyl (C=O) groups is 1. The third-order valence-corrected chi connectivity index (χ3v) is 2.21. The van der Waals surface area contributed by atoms with Gasteiger partial charge in [0.1, 0.15) is 0 Å². The number of benzene rings is 2. The van der Waals surface area contributed by atoms with E-state index in [0.29, 0.717) is 0 Å². The van der Waals surface area contributed by atoms with E-state index in [9.17, 15) is 9.90 Å². The topological polar surface area (TPSA) is 37.0 Å². The lowest BCUT2D eigenvalue weighted by molar-refractivity contribution is 0.0573. The first-order valence-corrected chi connectivity index (χ1v) is 4.64. The van der Waals surface area contributed by atoms with E-state index in [0.717, 1.165) is 11.1 Å². The predicted octanol–water partition coefficient (Wildman–Crippen LogP) is 2.92. The summed E-state index contributed by atoms with van der Waals surface area (Å²) in [5, 5.41) is 10.7. The number of rotatable bonds is 2. The van der Waals surface area contributed by atoms with Gasteiger partial charge in [-0.05, 0) is 23.3 Å². The second-order valence-corrected chi connectivity index (χ2v) is 3.23. The van der Waals surface area contributed by atoms with Crippen LogP contribution in [0.5, 0.6) is 0 Å². The van der Waals surface area contributed by atoms with Gasteiger partial charge >= 0.3 is 5.97 Å². The molecular weight excluding hydrogens is 188 g/mol. The molecule has 0 aliphatic carbocycles. The molecule has 0 heterocycles. The van der Waals surface area contributed by atoms with Crippen molar-refractivity contribution < 1.29 is 9.90 Å². The van der Waals surface area contributed by atoms with Gasteiger partial charge in [0, 0.05) is 0 Å². The van der Waals surface area contributed by atoms with Crippen LogP contribution in [0.4, 0.5) is 0 Å². The Labute approximate surface area is 87.8 Å². The molecule has 0 aliphatic heterocycles. The second kappa shape index (κ2) is 3.96. The molecule has 0 unspecified atom stereocenters. The van der Waals surface area contributed by atoms with Crippen LogP contribution in [-0.4, -0.2) is 5.97 Å². The molecular formula is C13H9O2. The van der Waals surface area contributed by atoms with E-state index < -0.39 is 5.97 Å². The van der Waals surface area contributed by atoms with Crippen LogP contribution < -0.4 is 0 Å². The molecule has 15 heavy (non-hydrogen) atoms. The maximum Gasteiger partial charge on any atom is 0.386 e. The maximum absolute atomic E-state index is 10.7. The molecule has 0 atom stereocenters. The Morgan fingerprint density at radius 3 is 2.13 bits per heavy atom. The SMILES string of the molecule is [O]C(=O)c1cccc(-c2ccccc2)c1. The molecule has 2 aromatic rings. The summed E-state index contributed by atoms with van der Waals surface area (Å²) in [5.74, 6) is -1.15. The van der Waals surface area contributed by atoms with Gasteiger partial charge in [-0.25, -0.2) is 9.90 Å². The lowest BCUT2D eigenvalue weighted by Crippen LogP contribution is -1.93. The predicted molar refractivity (Wildman–Crippen MR) is 56.9 cm³/mol. The first-order valence-electron chi connectivity index (χ1n) is 4.64. The highest BCUT2D eigenvalue weighted by atomic mass is 16.4. The zero-order valence-electron chi connectivity index (χ0n) is 8.01. The van der Waals surface area contributed by atoms with Gasteiger partial charge in [0.05, 0.1) is 5.56 Å². The number of carbonyl (C=O) groups excluding carboxylic acids is 1. The van der Waals surface area contributed by atoms with Gasteiger partial charge in [0.25, 0.3) is 0 Å². The minimum absolute atomic E-state index is 0.205. The zero-order valence-corrected chi connectivity index (χ0v) is 8.01. The Morgan fingerprint density at radius 1 is 0.800 bits per heavy atom. The molecule has 2 aromatic carbocycles. The van der Waals surface area contributed by atoms with Crippen LogP contribution in [0.1, 0.15) is 10.4 Å². The van der Waals surface area contributed by atoms with Crippen molar-refractivity contribution in [2.45, 2.75) is 0 Å². The van der Waals surface area contributed by atoms with Crippen LogP contribution in [0.3, 0.4) is 0 Å². The molecule has 2 heteroatoms. The molecule has 1 radical (unpaired) electrons. The third kappa shape index (κ3) is 2.05. The minimum atomic E-state index is -1.15. The van der Waals surface area contributed by atoms with E-state index in [-0.39, 0.29) is 5.56 Å². The molecule has 73 valence electrons. The second-order valence-electron chi connectivity index (χ2n) is 3.23. The summed E-state index contributed by atoms with van der Waals surface area (Å²) in [5.41, 5.74) is 2.09. The van der Waals surface area contributed by atoms with Crippen molar-refractivity contribution in [3.63, 3.8) is 0 Å². The smallest absolute Gasteiger partial charge is 0.242 e. The maximum atomic E-state index is 10.7. The summed E-state index contributed by atoms with van der Waals surface area (Å²) in [6.07, 6.45) is 0. The molecule has 0 spiro atoms. The quantitative estimate of drug-likeness (QED) is 0.729. The van der Waals surface area contributed by atoms with E-state index in [1.165, 1.54) is 6.07 Å². The Balaban J connectivity index is 2.46. The van der Waals surface area contributed by atoms with Crippen LogP contribution >= 0.6 is 0 Å². The average Bonchev–Trinajstić information content (AvgIpc) is 2.30. The van der Waals surface area contributed by atoms with Crippen LogP contribution in [0.15, 0.2) is 54.6 Å². The molecule has 0 amide bonds. The molecule has 0 fully saturated rings. The van der Waals surface area contributed by atoms with E-state index in [4.69, 9.17) is 0 Å². The van der Waals surface area contributed by atoms with Gasteiger partial charge in [-0.3, -0.25) is 0 Å². The molecule has 2 rings (SSSR count). The summed E-state index contributed by atoms with van der Waals surface area (Å²) in [6, 6.07) is 16.4. The van der Waals surface area contributed by atoms with Gasteiger partial charge in [0.2, 0.25) is 0 Å². The summed E-state index contributed by atoms with van der Waals surface area (Å²) in [6.45, 7) is 0. The molecule has 0 aromatic heterocycles. The van der Waals surface area contributed by atoms with Crippen molar-refractivity contribution in [2.24, 2.45) is 0 Å². The van der Waals surface area contributed by atoms with Crippen molar-refractivity contribution in [3.05, 3.63) is 60.2 Å². The van der Waals surface area contributed by atoms with Crippen molar-refractivity contribution in [3.8, 4) is 11.1 Å². The lowest BCUT2D eigenvalue weighted by atomic mass is 10.0. The first-order chi connectivity index (χ1) is 7.27. The molecule has 2 nitrogen and oxygen atoms in total. The average molecular weight is 197 g/mol. The Hall–Kier alpha value is -2.09. The Kier molecular flexibility index (Phi) is 2.50. The van der Waals surface area contributed by atoms with Crippen LogP contribution in [0.25, 0.3) is 11.1 Å². The number of hydrogen-bond donors (Lipinski definition) is 0. The van der Waals surface area contributed by atoms with Crippen molar-refractivity contribution in [1.29, 1.82) is 0 Å². The molecule has 0 bridgehead atoms. The summed E-state index contributed by atoms with van der Waals surface area (Å²) >= 11 is 0. The van der Waals surface area contributed by atoms with Crippen molar-refractivity contribution in [2.75, 3.05) is 0 Å². The van der Waals surface area contributed by atoms with Gasteiger partial charge < -0.3 is 0 Å². The summed E-state index contributed by atoms with van der Waals surface area (Å²) in [4.78, 5) is 10.7. The highest BCUT2D eigenvalue weighted by Gasteiger charge is 2.05. The fourth-order valence-corrected chi connectivity index (χ4v) is 1.46. The van der Waals surface area contributed by atoms with Gasteiger partial charge in [-0.15, -0.1) is 0 Å². The number of hydrogen-bond acceptors (Lipinski definition) is 1. The van der Waals surface area contributed by atoms with Gasteiger partial charge in [0.15, 0.2) is 0 Å². The zero-order chi connectivity index (χ0) is 10.7. The molecule has 0 saturated heterocycles. The molecule has 0 saturated carbocycles. The fourth-order valence-electron chi connectivity index (χ4n) is 1.46. The molecule has 0 N–H and O–H groups in total. The Morgan fingerprint density at radius 2 is 1.47 bits per heavy atom. The highest BCUT2D eigenvalue weighted by molar-refractivity contribution is 5.89. The van der Waals surface area contributed by atoms with E-state index in [2.05, 4.69) is 0 Å². The summed E-state index contributed by atoms with van der Waals surface area (Å²) < 4.78 is 0. The normalized spacial score (nSPS) is 9.87. The van der Waals surface area contributed by atoms with Gasteiger partial charge in [-0.2, -0.15) is 0 Å². The largest absolute Gasteiger partial charge is 0.386 e. The highest BCUT2D eigenvalue weighted by Crippen LogP contribution is 2.19. The minimum Gasteiger partial charge on any atom is -0.242 e. The van der Waals surface area contributed by atoms with E-state index in [1.54, 1.807) is 12.1 Å². The molecule has 0 aliphatic rings. The standard InChI is InChI=1S/C13H9O2/c14-13(15)12-8-4-7-11(9-12)10-5-2-1-3-6-10/h1-9H. The van der Waals surface area contributed by atoms with E-state index in [1.807, 2.05) is 36.4 Å². The van der Waals surface area contributed by atoms with E-state index >= 15 is 0 Å². The summed E-state index contributed by atoms with van der Waals surface area (Å²) in [7, 11) is 0.